The van der Waals surface area contributed by atoms with E-state index in [-0.39, 0.29) is 5.41 Å². The molecule has 76 valence electrons. The van der Waals surface area contributed by atoms with Gasteiger partial charge in [0.2, 0.25) is 0 Å². The Balaban J connectivity index is 2.17. The van der Waals surface area contributed by atoms with Crippen molar-refractivity contribution in [2.75, 3.05) is 12.4 Å². The fourth-order valence-corrected chi connectivity index (χ4v) is 3.50. The first-order chi connectivity index (χ1) is 5.83. The Hall–Kier alpha value is -0.160. The minimum absolute atomic E-state index is 0.0880. The van der Waals surface area contributed by atoms with Crippen molar-refractivity contribution in [3.05, 3.63) is 0 Å². The minimum Gasteiger partial charge on any atom is -0.373 e. The summed E-state index contributed by atoms with van der Waals surface area (Å²) in [5, 5.41) is 0. The first-order valence-electron chi connectivity index (χ1n) is 4.39. The Morgan fingerprint density at radius 3 is 2.46 bits per heavy atom. The monoisotopic (exact) mass is 208 g/mol. The Morgan fingerprint density at radius 1 is 1.46 bits per heavy atom. The molecule has 1 aliphatic heterocycles. The summed E-state index contributed by atoms with van der Waals surface area (Å²) in [5.74, 6) is -0.463. The zero-order valence-corrected chi connectivity index (χ0v) is 8.36. The van der Waals surface area contributed by atoms with Gasteiger partial charge >= 0.3 is 10.2 Å². The van der Waals surface area contributed by atoms with Crippen LogP contribution in [-0.4, -0.2) is 26.4 Å². The van der Waals surface area contributed by atoms with Crippen LogP contribution in [0.2, 0.25) is 0 Å². The van der Waals surface area contributed by atoms with Crippen molar-refractivity contribution in [2.24, 2.45) is 5.41 Å². The van der Waals surface area contributed by atoms with Crippen molar-refractivity contribution in [1.29, 1.82) is 0 Å². The van der Waals surface area contributed by atoms with Gasteiger partial charge in [0.25, 0.3) is 0 Å². The maximum Gasteiger partial charge on any atom is 0.305 e. The lowest BCUT2D eigenvalue weighted by Crippen LogP contribution is -2.34. The normalized spacial score (nSPS) is 44.2. The van der Waals surface area contributed by atoms with Crippen LogP contribution in [-0.2, 0) is 15.0 Å². The molecule has 2 rings (SSSR count). The van der Waals surface area contributed by atoms with Crippen LogP contribution in [0.1, 0.15) is 26.2 Å². The molecule has 1 aliphatic carbocycles. The molecule has 0 N–H and O–H groups in total. The minimum atomic E-state index is -4.40. The second-order valence-corrected chi connectivity index (χ2v) is 6.01. The van der Waals surface area contributed by atoms with Gasteiger partial charge in [0.1, 0.15) is 5.75 Å². The fraction of sp³-hybridized carbons (Fsp3) is 1.00. The molecule has 1 saturated heterocycles. The lowest BCUT2D eigenvalue weighted by Gasteiger charge is -2.25. The van der Waals surface area contributed by atoms with Crippen LogP contribution >= 0.6 is 0 Å². The van der Waals surface area contributed by atoms with Crippen LogP contribution in [0.5, 0.6) is 0 Å². The summed E-state index contributed by atoms with van der Waals surface area (Å²) in [7, 11) is -4.40. The highest BCUT2D eigenvalue weighted by molar-refractivity contribution is 7.86. The largest absolute Gasteiger partial charge is 0.373 e. The molecule has 2 unspecified atom stereocenters. The molecule has 3 nitrogen and oxygen atoms in total. The zero-order chi connectivity index (χ0) is 9.74. The Morgan fingerprint density at radius 2 is 2.15 bits per heavy atom. The predicted octanol–water partition coefficient (Wildman–Crippen LogP) is 1.24. The summed E-state index contributed by atoms with van der Waals surface area (Å²) in [4.78, 5) is 0. The molecule has 0 aromatic heterocycles. The molecular weight excluding hydrogens is 195 g/mol. The van der Waals surface area contributed by atoms with Crippen molar-refractivity contribution in [3.63, 3.8) is 0 Å². The highest BCUT2D eigenvalue weighted by Gasteiger charge is 2.54. The fourth-order valence-electron chi connectivity index (χ4n) is 2.54. The van der Waals surface area contributed by atoms with E-state index in [4.69, 9.17) is 4.74 Å². The SMILES string of the molecule is CC12CCC(CS(=O)(=O)F)(C1)OC2. The van der Waals surface area contributed by atoms with Crippen molar-refractivity contribution in [3.8, 4) is 0 Å². The van der Waals surface area contributed by atoms with E-state index in [1.807, 2.05) is 0 Å². The molecule has 13 heavy (non-hydrogen) atoms. The molecule has 0 aromatic carbocycles. The van der Waals surface area contributed by atoms with E-state index in [0.29, 0.717) is 19.4 Å². The van der Waals surface area contributed by atoms with Gasteiger partial charge in [-0.2, -0.15) is 8.42 Å². The Kier molecular flexibility index (Phi) is 1.77. The van der Waals surface area contributed by atoms with E-state index in [1.165, 1.54) is 0 Å². The van der Waals surface area contributed by atoms with Crippen LogP contribution < -0.4 is 0 Å². The lowest BCUT2D eigenvalue weighted by molar-refractivity contribution is -0.0109. The van der Waals surface area contributed by atoms with Crippen LogP contribution in [0.25, 0.3) is 0 Å². The van der Waals surface area contributed by atoms with Gasteiger partial charge in [0.05, 0.1) is 12.2 Å². The first kappa shape index (κ1) is 9.40. The van der Waals surface area contributed by atoms with Gasteiger partial charge in [-0.05, 0) is 24.7 Å². The molecular formula is C8H13FO3S. The maximum atomic E-state index is 12.5. The molecule has 2 fully saturated rings. The molecule has 0 aromatic rings. The number of rotatable bonds is 2. The van der Waals surface area contributed by atoms with Crippen molar-refractivity contribution >= 4 is 10.2 Å². The molecule has 1 heterocycles. The summed E-state index contributed by atoms with van der Waals surface area (Å²) >= 11 is 0. The third-order valence-corrected chi connectivity index (χ3v) is 3.97. The molecule has 5 heteroatoms. The topological polar surface area (TPSA) is 43.4 Å². The quantitative estimate of drug-likeness (QED) is 0.641. The van der Waals surface area contributed by atoms with Crippen molar-refractivity contribution < 1.29 is 17.0 Å². The smallest absolute Gasteiger partial charge is 0.305 e. The maximum absolute atomic E-state index is 12.5. The van der Waals surface area contributed by atoms with Crippen LogP contribution in [0, 0.1) is 5.41 Å². The molecule has 1 saturated carbocycles. The van der Waals surface area contributed by atoms with E-state index in [2.05, 4.69) is 6.92 Å². The highest BCUT2D eigenvalue weighted by atomic mass is 32.3. The summed E-state index contributed by atoms with van der Waals surface area (Å²) < 4.78 is 39.0. The van der Waals surface area contributed by atoms with Crippen molar-refractivity contribution in [2.45, 2.75) is 31.8 Å². The molecule has 0 spiro atoms. The van der Waals surface area contributed by atoms with Crippen molar-refractivity contribution in [1.82, 2.24) is 0 Å². The van der Waals surface area contributed by atoms with E-state index in [9.17, 15) is 12.3 Å². The highest BCUT2D eigenvalue weighted by Crippen LogP contribution is 2.53. The van der Waals surface area contributed by atoms with Gasteiger partial charge in [0.15, 0.2) is 0 Å². The molecule has 0 amide bonds. The molecule has 2 bridgehead atoms. The van der Waals surface area contributed by atoms with E-state index in [1.54, 1.807) is 0 Å². The van der Waals surface area contributed by atoms with Crippen LogP contribution in [0.15, 0.2) is 0 Å². The Bertz CT molecular complexity index is 314. The molecule has 2 atom stereocenters. The number of halogens is 1. The van der Waals surface area contributed by atoms with Crippen LogP contribution in [0.4, 0.5) is 3.89 Å². The number of hydrogen-bond donors (Lipinski definition) is 0. The van der Waals surface area contributed by atoms with E-state index in [0.717, 1.165) is 6.42 Å². The average molecular weight is 208 g/mol. The zero-order valence-electron chi connectivity index (χ0n) is 7.55. The summed E-state index contributed by atoms with van der Waals surface area (Å²) in [6.07, 6.45) is 2.30. The van der Waals surface area contributed by atoms with E-state index >= 15 is 0 Å². The summed E-state index contributed by atoms with van der Waals surface area (Å²) in [5.41, 5.74) is -0.618. The number of ether oxygens (including phenoxy) is 1. The molecule has 2 aliphatic rings. The van der Waals surface area contributed by atoms with Gasteiger partial charge in [-0.25, -0.2) is 0 Å². The average Bonchev–Trinajstić information content (AvgIpc) is 2.37. The predicted molar refractivity (Wildman–Crippen MR) is 45.5 cm³/mol. The lowest BCUT2D eigenvalue weighted by atomic mass is 9.91. The van der Waals surface area contributed by atoms with E-state index < -0.39 is 21.6 Å². The number of hydrogen-bond acceptors (Lipinski definition) is 3. The summed E-state index contributed by atoms with van der Waals surface area (Å²) in [6, 6.07) is 0. The second-order valence-electron chi connectivity index (χ2n) is 4.64. The summed E-state index contributed by atoms with van der Waals surface area (Å²) in [6.45, 7) is 2.63. The standard InChI is InChI=1S/C8H13FO3S/c1-7-2-3-8(4-7,12-5-7)6-13(9,10)11/h2-6H2,1H3. The molecule has 0 radical (unpaired) electrons. The third-order valence-electron chi connectivity index (χ3n) is 3.10. The second kappa shape index (κ2) is 2.45. The van der Waals surface area contributed by atoms with Gasteiger partial charge in [-0.3, -0.25) is 0 Å². The van der Waals surface area contributed by atoms with Gasteiger partial charge < -0.3 is 4.74 Å². The van der Waals surface area contributed by atoms with Gasteiger partial charge in [0, 0.05) is 0 Å². The van der Waals surface area contributed by atoms with Crippen LogP contribution in [0.3, 0.4) is 0 Å². The first-order valence-corrected chi connectivity index (χ1v) is 5.94. The van der Waals surface area contributed by atoms with Gasteiger partial charge in [-0.15, -0.1) is 3.89 Å². The third kappa shape index (κ3) is 1.72. The van der Waals surface area contributed by atoms with Gasteiger partial charge in [-0.1, -0.05) is 6.92 Å². The number of fused-ring (bicyclic) bond motifs is 2. The Labute approximate surface area is 77.5 Å².